The van der Waals surface area contributed by atoms with Crippen molar-refractivity contribution in [3.8, 4) is 0 Å². The van der Waals surface area contributed by atoms with E-state index < -0.39 is 0 Å². The van der Waals surface area contributed by atoms with Crippen LogP contribution in [0.2, 0.25) is 0 Å². The zero-order chi connectivity index (χ0) is 15.3. The molecule has 0 unspecified atom stereocenters. The molecule has 1 aliphatic rings. The number of hydrogen-bond donors (Lipinski definition) is 3. The number of aliphatic hydroxyl groups is 1. The highest BCUT2D eigenvalue weighted by Crippen LogP contribution is 2.17. The number of anilines is 3. The molecule has 3 N–H and O–H groups in total. The lowest BCUT2D eigenvalue weighted by atomic mass is 9.95. The molecule has 1 aliphatic heterocycles. The fraction of sp³-hybridized carbons (Fsp3) is 0.769. The Hall–Kier alpha value is -1.67. The minimum absolute atomic E-state index is 0.0975. The van der Waals surface area contributed by atoms with Gasteiger partial charge in [0.25, 0.3) is 0 Å². The summed E-state index contributed by atoms with van der Waals surface area (Å²) >= 11 is 0. The maximum absolute atomic E-state index is 9.30. The molecule has 0 amide bonds. The summed E-state index contributed by atoms with van der Waals surface area (Å²) in [5, 5.41) is 15.4. The zero-order valence-electron chi connectivity index (χ0n) is 12.9. The molecule has 0 radical (unpaired) electrons. The molecule has 0 bridgehead atoms. The van der Waals surface area contributed by atoms with Crippen molar-refractivity contribution in [2.75, 3.05) is 62.0 Å². The van der Waals surface area contributed by atoms with Gasteiger partial charge in [0.2, 0.25) is 17.8 Å². The second-order valence-corrected chi connectivity index (χ2v) is 5.81. The molecule has 8 heteroatoms. The van der Waals surface area contributed by atoms with Crippen LogP contribution in [0.3, 0.4) is 0 Å². The smallest absolute Gasteiger partial charge is 0.232 e. The van der Waals surface area contributed by atoms with E-state index >= 15 is 0 Å². The normalized spacial score (nSPS) is 15.9. The van der Waals surface area contributed by atoms with Crippen LogP contribution < -0.4 is 15.5 Å². The van der Waals surface area contributed by atoms with Gasteiger partial charge in [-0.05, 0) is 0 Å². The average Bonchev–Trinajstić information content (AvgIpc) is 2.53. The van der Waals surface area contributed by atoms with E-state index in [4.69, 9.17) is 4.74 Å². The molecule has 2 rings (SSSR count). The number of aliphatic hydroxyl groups excluding tert-OH is 1. The van der Waals surface area contributed by atoms with Gasteiger partial charge in [0.05, 0.1) is 13.2 Å². The van der Waals surface area contributed by atoms with Gasteiger partial charge in [-0.2, -0.15) is 15.0 Å². The molecule has 118 valence electrons. The minimum Gasteiger partial charge on any atom is -0.396 e. The van der Waals surface area contributed by atoms with Crippen molar-refractivity contribution >= 4 is 17.8 Å². The van der Waals surface area contributed by atoms with Crippen molar-refractivity contribution in [2.45, 2.75) is 13.8 Å². The monoisotopic (exact) mass is 296 g/mol. The molecule has 1 aromatic rings. The van der Waals surface area contributed by atoms with Crippen molar-refractivity contribution in [1.29, 1.82) is 0 Å². The lowest BCUT2D eigenvalue weighted by Crippen LogP contribution is -2.37. The maximum atomic E-state index is 9.30. The summed E-state index contributed by atoms with van der Waals surface area (Å²) in [5.74, 6) is 1.68. The molecule has 21 heavy (non-hydrogen) atoms. The van der Waals surface area contributed by atoms with Crippen LogP contribution in [0.4, 0.5) is 17.8 Å². The number of nitrogens with one attached hydrogen (secondary N) is 2. The largest absolute Gasteiger partial charge is 0.396 e. The van der Waals surface area contributed by atoms with E-state index in [1.165, 1.54) is 0 Å². The highest BCUT2D eigenvalue weighted by Gasteiger charge is 2.19. The third-order valence-electron chi connectivity index (χ3n) is 3.29. The van der Waals surface area contributed by atoms with Gasteiger partial charge < -0.3 is 25.4 Å². The second-order valence-electron chi connectivity index (χ2n) is 5.81. The van der Waals surface area contributed by atoms with E-state index in [2.05, 4.69) is 30.5 Å². The fourth-order valence-corrected chi connectivity index (χ4v) is 1.83. The number of nitrogens with zero attached hydrogens (tertiary/aromatic N) is 4. The quantitative estimate of drug-likeness (QED) is 0.684. The molecule has 1 fully saturated rings. The van der Waals surface area contributed by atoms with Crippen LogP contribution >= 0.6 is 0 Å². The van der Waals surface area contributed by atoms with Crippen LogP contribution in [0.15, 0.2) is 0 Å². The van der Waals surface area contributed by atoms with Gasteiger partial charge in [-0.25, -0.2) is 0 Å². The van der Waals surface area contributed by atoms with E-state index in [9.17, 15) is 5.11 Å². The van der Waals surface area contributed by atoms with Gasteiger partial charge in [0.1, 0.15) is 0 Å². The van der Waals surface area contributed by atoms with E-state index in [1.54, 1.807) is 7.05 Å². The summed E-state index contributed by atoms with van der Waals surface area (Å²) in [6.07, 6.45) is 0. The van der Waals surface area contributed by atoms with Crippen LogP contribution in [0, 0.1) is 5.41 Å². The maximum Gasteiger partial charge on any atom is 0.232 e. The molecule has 8 nitrogen and oxygen atoms in total. The lowest BCUT2D eigenvalue weighted by Gasteiger charge is -2.27. The molecule has 0 atom stereocenters. The third-order valence-corrected chi connectivity index (χ3v) is 3.29. The van der Waals surface area contributed by atoms with Crippen LogP contribution in [-0.2, 0) is 4.74 Å². The van der Waals surface area contributed by atoms with Gasteiger partial charge in [-0.3, -0.25) is 0 Å². The predicted octanol–water partition coefficient (Wildman–Crippen LogP) is 0.180. The number of morpholine rings is 1. The Bertz CT molecular complexity index is 462. The van der Waals surface area contributed by atoms with Gasteiger partial charge >= 0.3 is 0 Å². The summed E-state index contributed by atoms with van der Waals surface area (Å²) in [7, 11) is 1.78. The predicted molar refractivity (Wildman–Crippen MR) is 81.8 cm³/mol. The Morgan fingerprint density at radius 3 is 2.48 bits per heavy atom. The Morgan fingerprint density at radius 2 is 1.86 bits per heavy atom. The first-order valence-corrected chi connectivity index (χ1v) is 7.15. The summed E-state index contributed by atoms with van der Waals surface area (Å²) in [4.78, 5) is 15.2. The fourth-order valence-electron chi connectivity index (χ4n) is 1.83. The Kier molecular flexibility index (Phi) is 5.13. The van der Waals surface area contributed by atoms with Crippen molar-refractivity contribution in [1.82, 2.24) is 15.0 Å². The van der Waals surface area contributed by atoms with Gasteiger partial charge in [0, 0.05) is 38.7 Å². The number of aromatic nitrogens is 3. The first-order valence-electron chi connectivity index (χ1n) is 7.15. The van der Waals surface area contributed by atoms with Crippen molar-refractivity contribution in [3.63, 3.8) is 0 Å². The van der Waals surface area contributed by atoms with E-state index in [1.807, 2.05) is 13.8 Å². The summed E-state index contributed by atoms with van der Waals surface area (Å²) < 4.78 is 5.34. The van der Waals surface area contributed by atoms with Gasteiger partial charge in [0.15, 0.2) is 0 Å². The molecule has 0 spiro atoms. The first-order chi connectivity index (χ1) is 10.0. The summed E-state index contributed by atoms with van der Waals surface area (Å²) in [6, 6.07) is 0. The molecular weight excluding hydrogens is 272 g/mol. The Balaban J connectivity index is 2.13. The van der Waals surface area contributed by atoms with Crippen LogP contribution in [0.5, 0.6) is 0 Å². The Labute approximate surface area is 125 Å². The summed E-state index contributed by atoms with van der Waals surface area (Å²) in [6.45, 7) is 7.54. The highest BCUT2D eigenvalue weighted by molar-refractivity contribution is 5.43. The molecule has 0 aliphatic carbocycles. The van der Waals surface area contributed by atoms with Gasteiger partial charge in [-0.15, -0.1) is 0 Å². The van der Waals surface area contributed by atoms with Crippen molar-refractivity contribution < 1.29 is 9.84 Å². The molecule has 2 heterocycles. The number of hydrogen-bond acceptors (Lipinski definition) is 8. The molecular formula is C13H24N6O2. The molecule has 1 aromatic heterocycles. The third kappa shape index (κ3) is 4.40. The topological polar surface area (TPSA) is 95.4 Å². The average molecular weight is 296 g/mol. The first kappa shape index (κ1) is 15.7. The molecule has 0 aromatic carbocycles. The van der Waals surface area contributed by atoms with Crippen LogP contribution in [0.1, 0.15) is 13.8 Å². The zero-order valence-corrected chi connectivity index (χ0v) is 12.9. The summed E-state index contributed by atoms with van der Waals surface area (Å²) in [5.41, 5.74) is -0.231. The molecule has 0 saturated carbocycles. The lowest BCUT2D eigenvalue weighted by molar-refractivity contribution is 0.122. The molecule has 1 saturated heterocycles. The van der Waals surface area contributed by atoms with E-state index in [0.717, 1.165) is 13.1 Å². The minimum atomic E-state index is -0.231. The second kappa shape index (κ2) is 6.86. The van der Waals surface area contributed by atoms with Crippen molar-refractivity contribution in [2.24, 2.45) is 5.41 Å². The number of ether oxygens (including phenoxy) is 1. The van der Waals surface area contributed by atoms with Gasteiger partial charge in [-0.1, -0.05) is 13.8 Å². The van der Waals surface area contributed by atoms with Crippen LogP contribution in [-0.4, -0.2) is 66.6 Å². The van der Waals surface area contributed by atoms with E-state index in [-0.39, 0.29) is 12.0 Å². The van der Waals surface area contributed by atoms with E-state index in [0.29, 0.717) is 37.6 Å². The standard InChI is InChI=1S/C13H24N6O2/c1-13(2,9-20)8-15-11-16-10(14-3)17-12(18-11)19-4-6-21-7-5-19/h20H,4-9H2,1-3H3,(H2,14,15,16,17,18). The number of rotatable bonds is 6. The van der Waals surface area contributed by atoms with Crippen molar-refractivity contribution in [3.05, 3.63) is 0 Å². The van der Waals surface area contributed by atoms with Crippen LogP contribution in [0.25, 0.3) is 0 Å². The Morgan fingerprint density at radius 1 is 1.19 bits per heavy atom. The SMILES string of the molecule is CNc1nc(NCC(C)(C)CO)nc(N2CCOCC2)n1. The highest BCUT2D eigenvalue weighted by atomic mass is 16.5.